The molecule has 0 unspecified atom stereocenters. The van der Waals surface area contributed by atoms with Crippen LogP contribution in [0.3, 0.4) is 0 Å². The van der Waals surface area contributed by atoms with Crippen LogP contribution in [0.2, 0.25) is 0 Å². The van der Waals surface area contributed by atoms with Gasteiger partial charge in [-0.15, -0.1) is 0 Å². The molecule has 0 aromatic carbocycles. The van der Waals surface area contributed by atoms with Gasteiger partial charge in [-0.1, -0.05) is 6.92 Å². The fourth-order valence-electron chi connectivity index (χ4n) is 0.249. The molecule has 0 amide bonds. The normalized spacial score (nSPS) is 7.83. The third-order valence-corrected chi connectivity index (χ3v) is 0.714. The molecule has 0 radical (unpaired) electrons. The summed E-state index contributed by atoms with van der Waals surface area (Å²) < 4.78 is 0. The second-order valence-corrected chi connectivity index (χ2v) is 2.43. The van der Waals surface area contributed by atoms with Gasteiger partial charge in [-0.3, -0.25) is 9.59 Å². The molecule has 0 saturated carbocycles. The third-order valence-electron chi connectivity index (χ3n) is 0.714. The van der Waals surface area contributed by atoms with Crippen molar-refractivity contribution in [3.05, 3.63) is 0 Å². The van der Waals surface area contributed by atoms with Crippen LogP contribution in [0.1, 0.15) is 34.1 Å². The Morgan fingerprint density at radius 2 is 1.58 bits per heavy atom. The Kier molecular flexibility index (Phi) is 16.8. The minimum absolute atomic E-state index is 0. The average Bonchev–Trinajstić information content (AvgIpc) is 1.85. The zero-order valence-corrected chi connectivity index (χ0v) is 10.5. The Bertz CT molecular complexity index is 130. The fraction of sp³-hybridized carbons (Fsp3) is 0.750. The van der Waals surface area contributed by atoms with Crippen LogP contribution in [0.15, 0.2) is 0 Å². The molecule has 0 saturated heterocycles. The molecule has 0 bridgehead atoms. The molecular weight excluding hydrogens is 235 g/mol. The van der Waals surface area contributed by atoms with Crippen molar-refractivity contribution in [2.24, 2.45) is 0 Å². The molecule has 0 spiro atoms. The van der Waals surface area contributed by atoms with Gasteiger partial charge in [-0.25, -0.2) is 0 Å². The monoisotopic (exact) mass is 250 g/mol. The van der Waals surface area contributed by atoms with E-state index < -0.39 is 0 Å². The second-order valence-electron chi connectivity index (χ2n) is 2.43. The standard InChI is InChI=1S/C5H8O2.C3H8O.Zr/c1-3-5(7)4(2)6;1-3(2)4;/h3H2,1-2H3;3-4H,1-2H3;. The largest absolute Gasteiger partial charge is 0.394 e. The van der Waals surface area contributed by atoms with Crippen LogP contribution >= 0.6 is 0 Å². The average molecular weight is 251 g/mol. The van der Waals surface area contributed by atoms with Crippen molar-refractivity contribution < 1.29 is 40.9 Å². The molecule has 0 aromatic rings. The summed E-state index contributed by atoms with van der Waals surface area (Å²) in [5.74, 6) is -0.637. The van der Waals surface area contributed by atoms with E-state index in [-0.39, 0.29) is 43.9 Å². The first kappa shape index (κ1) is 18.1. The quantitative estimate of drug-likeness (QED) is 0.743. The molecule has 0 rings (SSSR count). The zero-order chi connectivity index (χ0) is 9.44. The van der Waals surface area contributed by atoms with E-state index in [1.165, 1.54) is 6.92 Å². The van der Waals surface area contributed by atoms with Crippen molar-refractivity contribution in [3.8, 4) is 0 Å². The van der Waals surface area contributed by atoms with Gasteiger partial charge >= 0.3 is 0 Å². The Balaban J connectivity index is -0.000000142. The Morgan fingerprint density at radius 3 is 1.58 bits per heavy atom. The van der Waals surface area contributed by atoms with Crippen molar-refractivity contribution >= 4 is 11.6 Å². The Morgan fingerprint density at radius 1 is 1.33 bits per heavy atom. The maximum atomic E-state index is 10.2. The predicted octanol–water partition coefficient (Wildman–Crippen LogP) is 0.939. The topological polar surface area (TPSA) is 54.4 Å². The molecule has 4 heteroatoms. The first-order chi connectivity index (χ1) is 4.91. The van der Waals surface area contributed by atoms with E-state index in [0.717, 1.165) is 0 Å². The Hall–Kier alpha value is 0.183. The first-order valence-corrected chi connectivity index (χ1v) is 3.63. The second kappa shape index (κ2) is 11.2. The summed E-state index contributed by atoms with van der Waals surface area (Å²) in [5.41, 5.74) is 0. The van der Waals surface area contributed by atoms with Crippen LogP contribution < -0.4 is 0 Å². The Labute approximate surface area is 92.7 Å². The van der Waals surface area contributed by atoms with Gasteiger partial charge in [0, 0.05) is 45.7 Å². The summed E-state index contributed by atoms with van der Waals surface area (Å²) in [6.07, 6.45) is 0.162. The van der Waals surface area contributed by atoms with Gasteiger partial charge < -0.3 is 5.11 Å². The number of aliphatic hydroxyl groups excluding tert-OH is 1. The van der Waals surface area contributed by atoms with Crippen LogP contribution in [0.25, 0.3) is 0 Å². The predicted molar refractivity (Wildman–Crippen MR) is 43.3 cm³/mol. The molecule has 3 nitrogen and oxygen atoms in total. The van der Waals surface area contributed by atoms with Crippen molar-refractivity contribution in [2.45, 2.75) is 40.2 Å². The van der Waals surface area contributed by atoms with Gasteiger partial charge in [-0.05, 0) is 13.8 Å². The van der Waals surface area contributed by atoms with Crippen molar-refractivity contribution in [2.75, 3.05) is 0 Å². The van der Waals surface area contributed by atoms with E-state index in [0.29, 0.717) is 6.42 Å². The summed E-state index contributed by atoms with van der Waals surface area (Å²) in [7, 11) is 0. The molecule has 12 heavy (non-hydrogen) atoms. The van der Waals surface area contributed by atoms with Gasteiger partial charge in [0.15, 0.2) is 11.6 Å². The van der Waals surface area contributed by atoms with E-state index in [2.05, 4.69) is 0 Å². The SMILES string of the molecule is CC(C)O.CCC(=O)C(C)=O.[Zr]. The maximum absolute atomic E-state index is 10.2. The number of aliphatic hydroxyl groups is 1. The zero-order valence-electron chi connectivity index (χ0n) is 8.05. The van der Waals surface area contributed by atoms with Gasteiger partial charge in [0.05, 0.1) is 0 Å². The molecule has 0 aliphatic heterocycles. The van der Waals surface area contributed by atoms with Gasteiger partial charge in [0.2, 0.25) is 0 Å². The number of ketones is 2. The number of hydrogen-bond acceptors (Lipinski definition) is 3. The molecule has 70 valence electrons. The van der Waals surface area contributed by atoms with Crippen LogP contribution in [0, 0.1) is 0 Å². The van der Waals surface area contributed by atoms with Crippen molar-refractivity contribution in [1.29, 1.82) is 0 Å². The number of hydrogen-bond donors (Lipinski definition) is 1. The number of Topliss-reactive ketones (excluding diaryl/α,β-unsaturated/α-hetero) is 2. The van der Waals surface area contributed by atoms with E-state index in [1.54, 1.807) is 20.8 Å². The first-order valence-electron chi connectivity index (χ1n) is 3.63. The minimum Gasteiger partial charge on any atom is -0.394 e. The molecule has 0 atom stereocenters. The number of carbonyl (C=O) groups is 2. The smallest absolute Gasteiger partial charge is 0.197 e. The summed E-state index contributed by atoms with van der Waals surface area (Å²) in [4.78, 5) is 20.2. The van der Waals surface area contributed by atoms with Crippen molar-refractivity contribution in [1.82, 2.24) is 0 Å². The molecule has 0 fully saturated rings. The van der Waals surface area contributed by atoms with Crippen LogP contribution in [-0.2, 0) is 35.8 Å². The third kappa shape index (κ3) is 22.5. The van der Waals surface area contributed by atoms with E-state index in [9.17, 15) is 9.59 Å². The molecule has 0 heterocycles. The maximum Gasteiger partial charge on any atom is 0.197 e. The molecule has 1 N–H and O–H groups in total. The van der Waals surface area contributed by atoms with Crippen LogP contribution in [-0.4, -0.2) is 22.8 Å². The van der Waals surface area contributed by atoms with E-state index in [4.69, 9.17) is 5.11 Å². The van der Waals surface area contributed by atoms with E-state index >= 15 is 0 Å². The minimum atomic E-state index is -0.345. The molecular formula is C8H16O3Zr. The summed E-state index contributed by atoms with van der Waals surface area (Å²) in [6, 6.07) is 0. The van der Waals surface area contributed by atoms with Crippen LogP contribution in [0.5, 0.6) is 0 Å². The number of carbonyl (C=O) groups excluding carboxylic acids is 2. The van der Waals surface area contributed by atoms with Crippen LogP contribution in [0.4, 0.5) is 0 Å². The number of rotatable bonds is 2. The van der Waals surface area contributed by atoms with Gasteiger partial charge in [-0.2, -0.15) is 0 Å². The van der Waals surface area contributed by atoms with Gasteiger partial charge in [0.1, 0.15) is 0 Å². The summed E-state index contributed by atoms with van der Waals surface area (Å²) >= 11 is 0. The van der Waals surface area contributed by atoms with Gasteiger partial charge in [0.25, 0.3) is 0 Å². The van der Waals surface area contributed by atoms with E-state index in [1.807, 2.05) is 0 Å². The molecule has 0 aromatic heterocycles. The molecule has 0 aliphatic carbocycles. The fourth-order valence-corrected chi connectivity index (χ4v) is 0.249. The molecule has 0 aliphatic rings. The summed E-state index contributed by atoms with van der Waals surface area (Å²) in [6.45, 7) is 6.40. The van der Waals surface area contributed by atoms with Crippen molar-refractivity contribution in [3.63, 3.8) is 0 Å². The summed E-state index contributed by atoms with van der Waals surface area (Å²) in [5, 5.41) is 8.06.